The highest BCUT2D eigenvalue weighted by molar-refractivity contribution is 9.09. The summed E-state index contributed by atoms with van der Waals surface area (Å²) in [6, 6.07) is 0. The van der Waals surface area contributed by atoms with E-state index in [1.807, 2.05) is 0 Å². The molecule has 0 amide bonds. The molecule has 0 saturated carbocycles. The molecule has 92 valence electrons. The molecular weight excluding hydrogens is 311 g/mol. The van der Waals surface area contributed by atoms with Crippen LogP contribution in [0.5, 0.6) is 0 Å². The minimum atomic E-state index is -6.47. The highest BCUT2D eigenvalue weighted by atomic mass is 79.9. The topological polar surface area (TPSA) is 0 Å². The van der Waals surface area contributed by atoms with Crippen molar-refractivity contribution in [2.45, 2.75) is 18.5 Å². The van der Waals surface area contributed by atoms with Crippen molar-refractivity contribution in [3.63, 3.8) is 0 Å². The predicted molar refractivity (Wildman–Crippen MR) is 34.4 cm³/mol. The molecule has 0 saturated heterocycles. The van der Waals surface area contributed by atoms with Gasteiger partial charge in [0, 0.05) is 5.33 Å². The Bertz CT molecular complexity index is 184. The molecule has 0 rings (SSSR count). The predicted octanol–water partition coefficient (Wildman–Crippen LogP) is 4.05. The molecule has 15 heavy (non-hydrogen) atoms. The first-order valence-corrected chi connectivity index (χ1v) is 4.19. The van der Waals surface area contributed by atoms with Crippen molar-refractivity contribution in [1.29, 1.82) is 0 Å². The zero-order chi connectivity index (χ0) is 12.7. The van der Waals surface area contributed by atoms with E-state index >= 15 is 0 Å². The van der Waals surface area contributed by atoms with Crippen molar-refractivity contribution in [3.8, 4) is 0 Å². The van der Waals surface area contributed by atoms with E-state index in [1.165, 1.54) is 0 Å². The zero-order valence-electron chi connectivity index (χ0n) is 6.49. The SMILES string of the molecule is FC(F)(F)C(CBr)(C(F)(F)F)C(F)(F)F. The Hall–Kier alpha value is -0.150. The van der Waals surface area contributed by atoms with Crippen LogP contribution in [0.15, 0.2) is 0 Å². The van der Waals surface area contributed by atoms with Gasteiger partial charge in [-0.25, -0.2) is 0 Å². The van der Waals surface area contributed by atoms with Gasteiger partial charge in [0.25, 0.3) is 5.41 Å². The van der Waals surface area contributed by atoms with Crippen molar-refractivity contribution in [3.05, 3.63) is 0 Å². The van der Waals surface area contributed by atoms with Gasteiger partial charge in [-0.1, -0.05) is 15.9 Å². The van der Waals surface area contributed by atoms with Gasteiger partial charge >= 0.3 is 18.5 Å². The second-order valence-corrected chi connectivity index (χ2v) is 3.09. The van der Waals surface area contributed by atoms with Gasteiger partial charge in [-0.15, -0.1) is 0 Å². The molecule has 0 aromatic carbocycles. The molecule has 0 N–H and O–H groups in total. The molecule has 0 aliphatic carbocycles. The number of hydrogen-bond acceptors (Lipinski definition) is 0. The van der Waals surface area contributed by atoms with Gasteiger partial charge in [0.05, 0.1) is 0 Å². The molecule has 0 heterocycles. The van der Waals surface area contributed by atoms with Crippen molar-refractivity contribution in [2.75, 3.05) is 5.33 Å². The number of hydrogen-bond donors (Lipinski definition) is 0. The van der Waals surface area contributed by atoms with Crippen LogP contribution in [-0.2, 0) is 0 Å². The van der Waals surface area contributed by atoms with E-state index in [9.17, 15) is 39.5 Å². The molecule has 0 bridgehead atoms. The third-order valence-electron chi connectivity index (χ3n) is 1.65. The Morgan fingerprint density at radius 3 is 0.800 bits per heavy atom. The lowest BCUT2D eigenvalue weighted by Crippen LogP contribution is -2.60. The van der Waals surface area contributed by atoms with Crippen molar-refractivity contribution in [2.24, 2.45) is 5.41 Å². The van der Waals surface area contributed by atoms with Gasteiger partial charge in [-0.2, -0.15) is 39.5 Å². The van der Waals surface area contributed by atoms with Gasteiger partial charge in [0.15, 0.2) is 0 Å². The van der Waals surface area contributed by atoms with Crippen LogP contribution in [0.3, 0.4) is 0 Å². The van der Waals surface area contributed by atoms with Crippen LogP contribution in [0.25, 0.3) is 0 Å². The van der Waals surface area contributed by atoms with E-state index < -0.39 is 29.3 Å². The van der Waals surface area contributed by atoms with Crippen molar-refractivity contribution < 1.29 is 39.5 Å². The largest absolute Gasteiger partial charge is 0.412 e. The first-order valence-electron chi connectivity index (χ1n) is 3.07. The fourth-order valence-corrected chi connectivity index (χ4v) is 1.66. The van der Waals surface area contributed by atoms with Gasteiger partial charge < -0.3 is 0 Å². The molecule has 0 nitrogen and oxygen atoms in total. The maximum atomic E-state index is 11.9. The Balaban J connectivity index is 5.78. The lowest BCUT2D eigenvalue weighted by atomic mass is 9.88. The molecule has 10 heteroatoms. The van der Waals surface area contributed by atoms with Gasteiger partial charge in [-0.05, 0) is 0 Å². The summed E-state index contributed by atoms with van der Waals surface area (Å²) in [7, 11) is 0. The monoisotopic (exact) mass is 312 g/mol. The van der Waals surface area contributed by atoms with Crippen molar-refractivity contribution in [1.82, 2.24) is 0 Å². The van der Waals surface area contributed by atoms with Crippen LogP contribution < -0.4 is 0 Å². The van der Waals surface area contributed by atoms with E-state index in [0.717, 1.165) is 0 Å². The first kappa shape index (κ1) is 14.8. The van der Waals surface area contributed by atoms with E-state index in [1.54, 1.807) is 15.9 Å². The quantitative estimate of drug-likeness (QED) is 0.506. The molecule has 0 aromatic rings. The fourth-order valence-electron chi connectivity index (χ4n) is 0.709. The minimum absolute atomic E-state index is 1.62. The summed E-state index contributed by atoms with van der Waals surface area (Å²) in [5.41, 5.74) is -5.73. The van der Waals surface area contributed by atoms with Crippen LogP contribution in [0.1, 0.15) is 0 Å². The van der Waals surface area contributed by atoms with Crippen LogP contribution in [0.2, 0.25) is 0 Å². The van der Waals surface area contributed by atoms with Gasteiger partial charge in [-0.3, -0.25) is 0 Å². The van der Waals surface area contributed by atoms with Crippen molar-refractivity contribution >= 4 is 15.9 Å². The average Bonchev–Trinajstić information content (AvgIpc) is 1.76. The minimum Gasteiger partial charge on any atom is -0.170 e. The lowest BCUT2D eigenvalue weighted by molar-refractivity contribution is -0.417. The molecule has 0 spiro atoms. The third kappa shape index (κ3) is 2.18. The van der Waals surface area contributed by atoms with Gasteiger partial charge in [0.2, 0.25) is 0 Å². The lowest BCUT2D eigenvalue weighted by Gasteiger charge is -2.36. The van der Waals surface area contributed by atoms with E-state index in [2.05, 4.69) is 0 Å². The second kappa shape index (κ2) is 3.70. The van der Waals surface area contributed by atoms with Crippen LogP contribution in [0, 0.1) is 5.41 Å². The molecule has 0 atom stereocenters. The Morgan fingerprint density at radius 1 is 0.600 bits per heavy atom. The maximum absolute atomic E-state index is 11.9. The highest BCUT2D eigenvalue weighted by Crippen LogP contribution is 2.59. The van der Waals surface area contributed by atoms with Gasteiger partial charge in [0.1, 0.15) is 0 Å². The molecule has 0 aliphatic heterocycles. The first-order chi connectivity index (χ1) is 6.31. The summed E-state index contributed by atoms with van der Waals surface area (Å²) in [6.45, 7) is 0. The molecule has 0 fully saturated rings. The number of alkyl halides is 10. The molecule has 0 unspecified atom stereocenters. The maximum Gasteiger partial charge on any atom is 0.412 e. The third-order valence-corrected chi connectivity index (χ3v) is 2.49. The highest BCUT2D eigenvalue weighted by Gasteiger charge is 2.82. The molecule has 0 radical (unpaired) electrons. The summed E-state index contributed by atoms with van der Waals surface area (Å²) < 4.78 is 107. The number of halogens is 10. The summed E-state index contributed by atoms with van der Waals surface area (Å²) in [5, 5.41) is -2.32. The zero-order valence-corrected chi connectivity index (χ0v) is 8.07. The second-order valence-electron chi connectivity index (χ2n) is 2.53. The smallest absolute Gasteiger partial charge is 0.170 e. The molecule has 0 aliphatic rings. The van der Waals surface area contributed by atoms with E-state index in [0.29, 0.717) is 0 Å². The number of rotatable bonds is 1. The van der Waals surface area contributed by atoms with Crippen LogP contribution in [0.4, 0.5) is 39.5 Å². The standard InChI is InChI=1S/C5H2BrF9/c6-1-2(3(7,8)9,4(10,11)12)5(13,14)15/h1H2. The summed E-state index contributed by atoms with van der Waals surface area (Å²) in [6.07, 6.45) is -19.4. The van der Waals surface area contributed by atoms with E-state index in [4.69, 9.17) is 0 Å². The molecular formula is C5H2BrF9. The van der Waals surface area contributed by atoms with Crippen LogP contribution in [-0.4, -0.2) is 23.9 Å². The summed E-state index contributed by atoms with van der Waals surface area (Å²) >= 11 is 1.62. The molecule has 0 aromatic heterocycles. The summed E-state index contributed by atoms with van der Waals surface area (Å²) in [5.74, 6) is 0. The average molecular weight is 313 g/mol. The Kier molecular flexibility index (Phi) is 3.67. The van der Waals surface area contributed by atoms with Crippen LogP contribution >= 0.6 is 15.9 Å². The Morgan fingerprint density at radius 2 is 0.800 bits per heavy atom. The summed E-state index contributed by atoms with van der Waals surface area (Å²) in [4.78, 5) is 0. The fraction of sp³-hybridized carbons (Fsp3) is 1.00. The van der Waals surface area contributed by atoms with E-state index in [-0.39, 0.29) is 0 Å². The normalized spacial score (nSPS) is 15.6. The Labute approximate surface area is 85.6 Å².